The van der Waals surface area contributed by atoms with Crippen LogP contribution < -0.4 is 5.32 Å². The minimum absolute atomic E-state index is 0.369. The number of aliphatic carboxylic acids is 1. The third-order valence-electron chi connectivity index (χ3n) is 3.39. The summed E-state index contributed by atoms with van der Waals surface area (Å²) in [5, 5.41) is 11.9. The van der Waals surface area contributed by atoms with E-state index in [0.717, 1.165) is 18.5 Å². The van der Waals surface area contributed by atoms with E-state index < -0.39 is 11.5 Å². The lowest BCUT2D eigenvalue weighted by Gasteiger charge is -2.25. The first-order valence-corrected chi connectivity index (χ1v) is 6.02. The number of aromatic nitrogens is 1. The van der Waals surface area contributed by atoms with E-state index in [2.05, 4.69) is 10.3 Å². The van der Waals surface area contributed by atoms with Gasteiger partial charge in [0.1, 0.15) is 5.54 Å². The van der Waals surface area contributed by atoms with Gasteiger partial charge in [-0.15, -0.1) is 0 Å². The van der Waals surface area contributed by atoms with Crippen LogP contribution in [0.15, 0.2) is 18.3 Å². The largest absolute Gasteiger partial charge is 0.480 e. The molecule has 1 saturated carbocycles. The second-order valence-electron chi connectivity index (χ2n) is 4.74. The minimum Gasteiger partial charge on any atom is -0.480 e. The van der Waals surface area contributed by atoms with Crippen molar-refractivity contribution in [3.8, 4) is 0 Å². The zero-order valence-electron chi connectivity index (χ0n) is 10.3. The molecule has 96 valence electrons. The number of carbonyl (C=O) groups is 2. The van der Waals surface area contributed by atoms with Crippen LogP contribution in [0.2, 0.25) is 0 Å². The molecule has 0 unspecified atom stereocenters. The smallest absolute Gasteiger partial charge is 0.329 e. The number of rotatable bonds is 3. The van der Waals surface area contributed by atoms with E-state index in [1.165, 1.54) is 6.20 Å². The maximum absolute atomic E-state index is 12.0. The van der Waals surface area contributed by atoms with Crippen molar-refractivity contribution in [3.63, 3.8) is 0 Å². The number of aryl methyl sites for hydroxylation is 1. The van der Waals surface area contributed by atoms with Crippen LogP contribution in [0.1, 0.15) is 41.7 Å². The molecule has 0 bridgehead atoms. The molecule has 5 nitrogen and oxygen atoms in total. The van der Waals surface area contributed by atoms with E-state index in [4.69, 9.17) is 0 Å². The SMILES string of the molecule is Cc1ccc(C(=O)NC2(C(=O)O)CCCC2)cn1. The van der Waals surface area contributed by atoms with E-state index in [1.54, 1.807) is 12.1 Å². The van der Waals surface area contributed by atoms with Gasteiger partial charge in [0.05, 0.1) is 5.56 Å². The molecule has 2 rings (SSSR count). The highest BCUT2D eigenvalue weighted by atomic mass is 16.4. The van der Waals surface area contributed by atoms with Crippen molar-refractivity contribution in [2.24, 2.45) is 0 Å². The molecule has 1 aliphatic rings. The van der Waals surface area contributed by atoms with Crippen LogP contribution in [0, 0.1) is 6.92 Å². The zero-order chi connectivity index (χ0) is 13.2. The molecule has 1 aromatic heterocycles. The summed E-state index contributed by atoms with van der Waals surface area (Å²) >= 11 is 0. The number of carbonyl (C=O) groups excluding carboxylic acids is 1. The van der Waals surface area contributed by atoms with E-state index in [-0.39, 0.29) is 5.91 Å². The molecule has 1 aliphatic carbocycles. The van der Waals surface area contributed by atoms with Crippen molar-refractivity contribution in [2.75, 3.05) is 0 Å². The standard InChI is InChI=1S/C13H16N2O3/c1-9-4-5-10(8-14-9)11(16)15-13(12(17)18)6-2-3-7-13/h4-5,8H,2-3,6-7H2,1H3,(H,15,16)(H,17,18). The molecule has 1 aromatic rings. The Morgan fingerprint density at radius 1 is 1.33 bits per heavy atom. The third-order valence-corrected chi connectivity index (χ3v) is 3.39. The van der Waals surface area contributed by atoms with Gasteiger partial charge in [0, 0.05) is 11.9 Å². The van der Waals surface area contributed by atoms with E-state index in [1.807, 2.05) is 6.92 Å². The van der Waals surface area contributed by atoms with Crippen molar-refractivity contribution in [2.45, 2.75) is 38.1 Å². The van der Waals surface area contributed by atoms with Gasteiger partial charge in [-0.05, 0) is 31.9 Å². The minimum atomic E-state index is -1.10. The number of nitrogens with zero attached hydrogens (tertiary/aromatic N) is 1. The summed E-state index contributed by atoms with van der Waals surface area (Å²) in [4.78, 5) is 27.4. The van der Waals surface area contributed by atoms with Gasteiger partial charge in [0.2, 0.25) is 0 Å². The number of amides is 1. The predicted molar refractivity (Wildman–Crippen MR) is 65.3 cm³/mol. The summed E-state index contributed by atoms with van der Waals surface area (Å²) in [6.45, 7) is 1.83. The summed E-state index contributed by atoms with van der Waals surface area (Å²) in [5.74, 6) is -1.32. The van der Waals surface area contributed by atoms with Crippen LogP contribution in [-0.2, 0) is 4.79 Å². The summed E-state index contributed by atoms with van der Waals surface area (Å²) in [6.07, 6.45) is 4.12. The normalized spacial score (nSPS) is 17.4. The predicted octanol–water partition coefficient (Wildman–Crippen LogP) is 1.52. The van der Waals surface area contributed by atoms with Crippen LogP contribution in [0.5, 0.6) is 0 Å². The Balaban J connectivity index is 2.15. The summed E-state index contributed by atoms with van der Waals surface area (Å²) in [6, 6.07) is 3.39. The number of hydrogen-bond acceptors (Lipinski definition) is 3. The Hall–Kier alpha value is -1.91. The lowest BCUT2D eigenvalue weighted by atomic mass is 9.97. The van der Waals surface area contributed by atoms with Crippen LogP contribution in [0.3, 0.4) is 0 Å². The first-order valence-electron chi connectivity index (χ1n) is 6.02. The molecule has 2 N–H and O–H groups in total. The van der Waals surface area contributed by atoms with Gasteiger partial charge in [-0.25, -0.2) is 4.79 Å². The van der Waals surface area contributed by atoms with Crippen molar-refractivity contribution >= 4 is 11.9 Å². The average Bonchev–Trinajstić information content (AvgIpc) is 2.79. The molecular weight excluding hydrogens is 232 g/mol. The highest BCUT2D eigenvalue weighted by molar-refractivity contribution is 5.97. The number of carboxylic acid groups (broad SMARTS) is 1. The van der Waals surface area contributed by atoms with Crippen LogP contribution in [0.4, 0.5) is 0 Å². The van der Waals surface area contributed by atoms with Gasteiger partial charge in [0.25, 0.3) is 5.91 Å². The average molecular weight is 248 g/mol. The maximum atomic E-state index is 12.0. The van der Waals surface area contributed by atoms with Crippen molar-refractivity contribution in [3.05, 3.63) is 29.6 Å². The molecular formula is C13H16N2O3. The van der Waals surface area contributed by atoms with E-state index >= 15 is 0 Å². The Labute approximate surface area is 105 Å². The van der Waals surface area contributed by atoms with Crippen LogP contribution in [-0.4, -0.2) is 27.5 Å². The fourth-order valence-corrected chi connectivity index (χ4v) is 2.26. The molecule has 18 heavy (non-hydrogen) atoms. The fourth-order valence-electron chi connectivity index (χ4n) is 2.26. The monoisotopic (exact) mass is 248 g/mol. The molecule has 1 amide bonds. The van der Waals surface area contributed by atoms with Crippen LogP contribution in [0.25, 0.3) is 0 Å². The number of hydrogen-bond donors (Lipinski definition) is 2. The van der Waals surface area contributed by atoms with Gasteiger partial charge in [-0.3, -0.25) is 9.78 Å². The van der Waals surface area contributed by atoms with Crippen LogP contribution >= 0.6 is 0 Å². The molecule has 0 aliphatic heterocycles. The van der Waals surface area contributed by atoms with Crippen molar-refractivity contribution in [1.82, 2.24) is 10.3 Å². The highest BCUT2D eigenvalue weighted by Crippen LogP contribution is 2.30. The molecule has 1 heterocycles. The van der Waals surface area contributed by atoms with Gasteiger partial charge >= 0.3 is 5.97 Å². The van der Waals surface area contributed by atoms with Gasteiger partial charge in [0.15, 0.2) is 0 Å². The second kappa shape index (κ2) is 4.76. The molecule has 0 radical (unpaired) electrons. The van der Waals surface area contributed by atoms with Crippen molar-refractivity contribution < 1.29 is 14.7 Å². The first kappa shape index (κ1) is 12.5. The number of carboxylic acids is 1. The summed E-state index contributed by atoms with van der Waals surface area (Å²) < 4.78 is 0. The molecule has 0 saturated heterocycles. The molecule has 1 fully saturated rings. The lowest BCUT2D eigenvalue weighted by molar-refractivity contribution is -0.144. The number of nitrogens with one attached hydrogen (secondary N) is 1. The van der Waals surface area contributed by atoms with E-state index in [0.29, 0.717) is 18.4 Å². The van der Waals surface area contributed by atoms with Gasteiger partial charge < -0.3 is 10.4 Å². The maximum Gasteiger partial charge on any atom is 0.329 e. The second-order valence-corrected chi connectivity index (χ2v) is 4.74. The Morgan fingerprint density at radius 2 is 2.00 bits per heavy atom. The Morgan fingerprint density at radius 3 is 2.50 bits per heavy atom. The molecule has 0 spiro atoms. The molecule has 0 aromatic carbocycles. The summed E-state index contributed by atoms with van der Waals surface area (Å²) in [7, 11) is 0. The highest BCUT2D eigenvalue weighted by Gasteiger charge is 2.42. The van der Waals surface area contributed by atoms with Crippen molar-refractivity contribution in [1.29, 1.82) is 0 Å². The molecule has 5 heteroatoms. The zero-order valence-corrected chi connectivity index (χ0v) is 10.3. The fraction of sp³-hybridized carbons (Fsp3) is 0.462. The third kappa shape index (κ3) is 2.34. The van der Waals surface area contributed by atoms with Gasteiger partial charge in [-0.1, -0.05) is 12.8 Å². The van der Waals surface area contributed by atoms with Gasteiger partial charge in [-0.2, -0.15) is 0 Å². The Bertz CT molecular complexity index is 462. The first-order chi connectivity index (χ1) is 8.53. The molecule has 0 atom stereocenters. The number of pyridine rings is 1. The van der Waals surface area contributed by atoms with E-state index in [9.17, 15) is 14.7 Å². The summed E-state index contributed by atoms with van der Waals surface area (Å²) in [5.41, 5.74) is 0.121. The lowest BCUT2D eigenvalue weighted by Crippen LogP contribution is -2.52. The Kier molecular flexibility index (Phi) is 3.32. The quantitative estimate of drug-likeness (QED) is 0.850. The topological polar surface area (TPSA) is 79.3 Å².